The van der Waals surface area contributed by atoms with Gasteiger partial charge in [0, 0.05) is 10.9 Å². The van der Waals surface area contributed by atoms with Crippen molar-refractivity contribution in [1.29, 1.82) is 0 Å². The van der Waals surface area contributed by atoms with Crippen molar-refractivity contribution >= 4 is 11.5 Å². The molecule has 0 saturated heterocycles. The van der Waals surface area contributed by atoms with Crippen molar-refractivity contribution in [2.45, 2.75) is 6.04 Å². The van der Waals surface area contributed by atoms with Crippen molar-refractivity contribution in [3.05, 3.63) is 46.7 Å². The molecule has 1 aromatic heterocycles. The first-order chi connectivity index (χ1) is 7.33. The molecule has 0 fully saturated rings. The van der Waals surface area contributed by atoms with Gasteiger partial charge in [-0.2, -0.15) is 0 Å². The highest BCUT2D eigenvalue weighted by molar-refractivity contribution is 7.03. The Morgan fingerprint density at radius 2 is 2.20 bits per heavy atom. The monoisotopic (exact) mass is 223 g/mol. The van der Waals surface area contributed by atoms with Crippen LogP contribution in [0.3, 0.4) is 0 Å². The summed E-state index contributed by atoms with van der Waals surface area (Å²) in [6.45, 7) is 0. The number of hydrogen-bond acceptors (Lipinski definition) is 4. The summed E-state index contributed by atoms with van der Waals surface area (Å²) in [5.41, 5.74) is 1.33. The second kappa shape index (κ2) is 4.46. The third kappa shape index (κ3) is 2.03. The minimum Gasteiger partial charge on any atom is -0.308 e. The zero-order valence-corrected chi connectivity index (χ0v) is 8.96. The van der Waals surface area contributed by atoms with Crippen molar-refractivity contribution in [1.82, 2.24) is 14.9 Å². The molecule has 78 valence electrons. The Hall–Kier alpha value is -1.33. The first kappa shape index (κ1) is 10.2. The van der Waals surface area contributed by atoms with Crippen LogP contribution >= 0.6 is 11.5 Å². The molecule has 5 heteroatoms. The van der Waals surface area contributed by atoms with Crippen LogP contribution in [-0.2, 0) is 0 Å². The van der Waals surface area contributed by atoms with Gasteiger partial charge in [0.05, 0.1) is 11.7 Å². The van der Waals surface area contributed by atoms with E-state index in [1.807, 2.05) is 11.4 Å². The van der Waals surface area contributed by atoms with Crippen LogP contribution in [0.4, 0.5) is 4.39 Å². The maximum absolute atomic E-state index is 13.5. The number of halogens is 1. The van der Waals surface area contributed by atoms with Gasteiger partial charge in [-0.1, -0.05) is 22.7 Å². The van der Waals surface area contributed by atoms with Crippen molar-refractivity contribution in [2.24, 2.45) is 0 Å². The smallest absolute Gasteiger partial charge is 0.128 e. The first-order valence-electron chi connectivity index (χ1n) is 4.51. The van der Waals surface area contributed by atoms with E-state index in [2.05, 4.69) is 14.9 Å². The molecule has 3 nitrogen and oxygen atoms in total. The van der Waals surface area contributed by atoms with Crippen LogP contribution in [-0.4, -0.2) is 16.6 Å². The largest absolute Gasteiger partial charge is 0.308 e. The Kier molecular flexibility index (Phi) is 3.03. The van der Waals surface area contributed by atoms with Crippen molar-refractivity contribution in [3.63, 3.8) is 0 Å². The predicted molar refractivity (Wildman–Crippen MR) is 57.2 cm³/mol. The lowest BCUT2D eigenvalue weighted by atomic mass is 10.0. The molecule has 0 bridgehead atoms. The highest BCUT2D eigenvalue weighted by Gasteiger charge is 2.17. The number of hydrogen-bond donors (Lipinski definition) is 1. The summed E-state index contributed by atoms with van der Waals surface area (Å²) in [5.74, 6) is -0.232. The molecule has 1 aromatic carbocycles. The molecule has 0 amide bonds. The van der Waals surface area contributed by atoms with Crippen LogP contribution in [0.5, 0.6) is 0 Å². The lowest BCUT2D eigenvalue weighted by Crippen LogP contribution is -2.19. The molecule has 1 atom stereocenters. The minimum atomic E-state index is -0.232. The van der Waals surface area contributed by atoms with E-state index in [1.54, 1.807) is 19.2 Å². The molecule has 0 saturated carbocycles. The molecule has 0 aliphatic rings. The Bertz CT molecular complexity index is 430. The molecule has 0 aliphatic heterocycles. The van der Waals surface area contributed by atoms with E-state index >= 15 is 0 Å². The lowest BCUT2D eigenvalue weighted by Gasteiger charge is -2.14. The minimum absolute atomic E-state index is 0.232. The Balaban J connectivity index is 2.40. The van der Waals surface area contributed by atoms with E-state index in [1.165, 1.54) is 17.6 Å². The molecule has 1 N–H and O–H groups in total. The van der Waals surface area contributed by atoms with Crippen molar-refractivity contribution in [3.8, 4) is 0 Å². The topological polar surface area (TPSA) is 37.8 Å². The van der Waals surface area contributed by atoms with Crippen LogP contribution in [0.1, 0.15) is 17.3 Å². The van der Waals surface area contributed by atoms with Gasteiger partial charge in [-0.05, 0) is 24.6 Å². The molecule has 0 radical (unpaired) electrons. The highest BCUT2D eigenvalue weighted by atomic mass is 32.1. The van der Waals surface area contributed by atoms with Gasteiger partial charge in [0.15, 0.2) is 0 Å². The van der Waals surface area contributed by atoms with Crippen LogP contribution < -0.4 is 5.32 Å². The second-order valence-electron chi connectivity index (χ2n) is 3.07. The van der Waals surface area contributed by atoms with Gasteiger partial charge < -0.3 is 5.32 Å². The normalized spacial score (nSPS) is 12.7. The third-order valence-electron chi connectivity index (χ3n) is 2.18. The summed E-state index contributed by atoms with van der Waals surface area (Å²) < 4.78 is 17.3. The average Bonchev–Trinajstić information content (AvgIpc) is 2.75. The summed E-state index contributed by atoms with van der Waals surface area (Å²) in [6.07, 6.45) is 0. The van der Waals surface area contributed by atoms with Gasteiger partial charge in [0.2, 0.25) is 0 Å². The van der Waals surface area contributed by atoms with Gasteiger partial charge in [0.25, 0.3) is 0 Å². The van der Waals surface area contributed by atoms with E-state index in [9.17, 15) is 4.39 Å². The SMILES string of the molecule is CNC(c1csnn1)c1ccccc1F. The van der Waals surface area contributed by atoms with Gasteiger partial charge in [0.1, 0.15) is 5.82 Å². The van der Waals surface area contributed by atoms with Crippen molar-refractivity contribution in [2.75, 3.05) is 7.05 Å². The van der Waals surface area contributed by atoms with Crippen LogP contribution in [0.15, 0.2) is 29.6 Å². The molecule has 2 aromatic rings. The Morgan fingerprint density at radius 1 is 1.40 bits per heavy atom. The Labute approximate surface area is 91.1 Å². The van der Waals surface area contributed by atoms with Gasteiger partial charge >= 0.3 is 0 Å². The molecule has 15 heavy (non-hydrogen) atoms. The number of nitrogens with one attached hydrogen (secondary N) is 1. The summed E-state index contributed by atoms with van der Waals surface area (Å²) in [4.78, 5) is 0. The van der Waals surface area contributed by atoms with Crippen LogP contribution in [0, 0.1) is 5.82 Å². The fourth-order valence-corrected chi connectivity index (χ4v) is 1.95. The number of nitrogens with zero attached hydrogens (tertiary/aromatic N) is 2. The molecule has 0 spiro atoms. The standard InChI is InChI=1S/C10H10FN3S/c1-12-10(9-6-15-14-13-9)7-4-2-3-5-8(7)11/h2-6,10,12H,1H3. The fourth-order valence-electron chi connectivity index (χ4n) is 1.47. The molecule has 1 heterocycles. The maximum Gasteiger partial charge on any atom is 0.128 e. The van der Waals surface area contributed by atoms with Crippen molar-refractivity contribution < 1.29 is 4.39 Å². The van der Waals surface area contributed by atoms with E-state index in [4.69, 9.17) is 0 Å². The van der Waals surface area contributed by atoms with Gasteiger partial charge in [-0.15, -0.1) is 5.10 Å². The van der Waals surface area contributed by atoms with Gasteiger partial charge in [-0.3, -0.25) is 0 Å². The third-order valence-corrected chi connectivity index (χ3v) is 2.70. The van der Waals surface area contributed by atoms with E-state index in [0.717, 1.165) is 5.69 Å². The van der Waals surface area contributed by atoms with Gasteiger partial charge in [-0.25, -0.2) is 4.39 Å². The van der Waals surface area contributed by atoms with Crippen LogP contribution in [0.25, 0.3) is 0 Å². The van der Waals surface area contributed by atoms with E-state index in [0.29, 0.717) is 5.56 Å². The lowest BCUT2D eigenvalue weighted by molar-refractivity contribution is 0.570. The van der Waals surface area contributed by atoms with E-state index in [-0.39, 0.29) is 11.9 Å². The first-order valence-corrected chi connectivity index (χ1v) is 5.35. The molecule has 1 unspecified atom stereocenters. The molecule has 2 rings (SSSR count). The predicted octanol–water partition coefficient (Wildman–Crippen LogP) is 1.99. The summed E-state index contributed by atoms with van der Waals surface area (Å²) >= 11 is 1.26. The number of benzene rings is 1. The fraction of sp³-hybridized carbons (Fsp3) is 0.200. The van der Waals surface area contributed by atoms with Crippen LogP contribution in [0.2, 0.25) is 0 Å². The molecule has 0 aliphatic carbocycles. The zero-order valence-electron chi connectivity index (χ0n) is 8.14. The average molecular weight is 223 g/mol. The number of rotatable bonds is 3. The molecular weight excluding hydrogens is 213 g/mol. The Morgan fingerprint density at radius 3 is 2.80 bits per heavy atom. The summed E-state index contributed by atoms with van der Waals surface area (Å²) in [6, 6.07) is 6.44. The van der Waals surface area contributed by atoms with E-state index < -0.39 is 0 Å². The quantitative estimate of drug-likeness (QED) is 0.864. The highest BCUT2D eigenvalue weighted by Crippen LogP contribution is 2.22. The molecular formula is C10H10FN3S. The zero-order chi connectivity index (χ0) is 10.7. The second-order valence-corrected chi connectivity index (χ2v) is 3.68. The number of aromatic nitrogens is 2. The maximum atomic E-state index is 13.5. The summed E-state index contributed by atoms with van der Waals surface area (Å²) in [7, 11) is 1.77. The summed E-state index contributed by atoms with van der Waals surface area (Å²) in [5, 5.41) is 8.78.